The van der Waals surface area contributed by atoms with Crippen LogP contribution in [-0.4, -0.2) is 11.5 Å². The van der Waals surface area contributed by atoms with Crippen LogP contribution in [0.5, 0.6) is 0 Å². The van der Waals surface area contributed by atoms with Gasteiger partial charge in [-0.15, -0.1) is 0 Å². The maximum absolute atomic E-state index is 5.66. The molecular weight excluding hydrogens is 256 g/mol. The second kappa shape index (κ2) is 3.94. The number of hydrogen-bond donors (Lipinski definition) is 1. The topological polar surface area (TPSA) is 52.0 Å². The predicted octanol–water partition coefficient (Wildman–Crippen LogP) is 2.96. The Morgan fingerprint density at radius 1 is 1.53 bits per heavy atom. The zero-order valence-corrected chi connectivity index (χ0v) is 10.3. The Bertz CT molecular complexity index is 493. The van der Waals surface area contributed by atoms with Gasteiger partial charge in [0.05, 0.1) is 0 Å². The molecule has 1 aromatic heterocycles. The average molecular weight is 269 g/mol. The van der Waals surface area contributed by atoms with Crippen LogP contribution in [0, 0.1) is 6.92 Å². The van der Waals surface area contributed by atoms with Gasteiger partial charge in [0.25, 0.3) is 0 Å². The Kier molecular flexibility index (Phi) is 2.80. The van der Waals surface area contributed by atoms with Crippen molar-refractivity contribution in [1.82, 2.24) is 4.98 Å². The minimum Gasteiger partial charge on any atom is -0.441 e. The van der Waals surface area contributed by atoms with Gasteiger partial charge in [0.2, 0.25) is 0 Å². The Morgan fingerprint density at radius 2 is 2.27 bits per heavy atom. The van der Waals surface area contributed by atoms with Crippen molar-refractivity contribution in [1.29, 1.82) is 0 Å². The van der Waals surface area contributed by atoms with E-state index in [1.165, 1.54) is 5.56 Å². The molecule has 0 bridgehead atoms. The number of benzene rings is 1. The summed E-state index contributed by atoms with van der Waals surface area (Å²) in [6, 6.07) is 3.99. The first-order valence-electron chi connectivity index (χ1n) is 4.88. The van der Waals surface area contributed by atoms with E-state index in [4.69, 9.17) is 10.2 Å². The zero-order chi connectivity index (χ0) is 11.0. The molecule has 0 aliphatic carbocycles. The maximum Gasteiger partial charge on any atom is 0.192 e. The molecule has 0 amide bonds. The second-order valence-electron chi connectivity index (χ2n) is 3.71. The number of hydrogen-bond acceptors (Lipinski definition) is 3. The number of halogens is 1. The van der Waals surface area contributed by atoms with Gasteiger partial charge in [-0.3, -0.25) is 0 Å². The van der Waals surface area contributed by atoms with Crippen molar-refractivity contribution in [3.05, 3.63) is 28.1 Å². The molecular formula is C11H13BrN2O. The molecule has 1 atom stereocenters. The molecule has 0 spiro atoms. The number of nitrogens with two attached hydrogens (primary N) is 1. The number of oxazole rings is 1. The molecule has 3 nitrogen and oxygen atoms in total. The normalized spacial score (nSPS) is 13.3. The summed E-state index contributed by atoms with van der Waals surface area (Å²) in [6.45, 7) is 4.56. The fourth-order valence-corrected chi connectivity index (χ4v) is 2.31. The van der Waals surface area contributed by atoms with Crippen molar-refractivity contribution in [3.63, 3.8) is 0 Å². The lowest BCUT2D eigenvalue weighted by molar-refractivity contribution is 0.560. The van der Waals surface area contributed by atoms with Crippen LogP contribution >= 0.6 is 15.9 Å². The van der Waals surface area contributed by atoms with Gasteiger partial charge in [0.1, 0.15) is 5.52 Å². The fraction of sp³-hybridized carbons (Fsp3) is 0.364. The summed E-state index contributed by atoms with van der Waals surface area (Å²) in [5.41, 5.74) is 8.53. The molecule has 0 saturated heterocycles. The lowest BCUT2D eigenvalue weighted by Crippen LogP contribution is -2.09. The van der Waals surface area contributed by atoms with Crippen molar-refractivity contribution < 1.29 is 4.42 Å². The largest absolute Gasteiger partial charge is 0.441 e. The highest BCUT2D eigenvalue weighted by Gasteiger charge is 2.12. The van der Waals surface area contributed by atoms with Crippen molar-refractivity contribution >= 4 is 27.0 Å². The van der Waals surface area contributed by atoms with Gasteiger partial charge < -0.3 is 10.2 Å². The van der Waals surface area contributed by atoms with Crippen molar-refractivity contribution in [3.8, 4) is 0 Å². The van der Waals surface area contributed by atoms with Crippen molar-refractivity contribution in [2.45, 2.75) is 19.8 Å². The first kappa shape index (κ1) is 10.6. The Labute approximate surface area is 96.8 Å². The molecule has 1 aromatic carbocycles. The van der Waals surface area contributed by atoms with Crippen molar-refractivity contribution in [2.24, 2.45) is 5.73 Å². The molecule has 15 heavy (non-hydrogen) atoms. The van der Waals surface area contributed by atoms with Gasteiger partial charge in [-0.05, 0) is 30.2 Å². The number of aromatic nitrogens is 1. The molecule has 1 unspecified atom stereocenters. The summed E-state index contributed by atoms with van der Waals surface area (Å²) in [6.07, 6.45) is 0. The first-order valence-corrected chi connectivity index (χ1v) is 5.67. The maximum atomic E-state index is 5.66. The molecule has 80 valence electrons. The standard InChI is InChI=1S/C11H13BrN2O/c1-6(5-13)8-3-11-10(4-9(8)12)14-7(2)15-11/h3-4,6H,5,13H2,1-2H3. The smallest absolute Gasteiger partial charge is 0.192 e. The third-order valence-electron chi connectivity index (χ3n) is 2.50. The summed E-state index contributed by atoms with van der Waals surface area (Å²) in [4.78, 5) is 4.27. The minimum absolute atomic E-state index is 0.314. The summed E-state index contributed by atoms with van der Waals surface area (Å²) < 4.78 is 6.53. The van der Waals surface area contributed by atoms with E-state index >= 15 is 0 Å². The van der Waals surface area contributed by atoms with Crippen LogP contribution in [-0.2, 0) is 0 Å². The quantitative estimate of drug-likeness (QED) is 0.911. The molecule has 0 radical (unpaired) electrons. The highest BCUT2D eigenvalue weighted by atomic mass is 79.9. The van der Waals surface area contributed by atoms with E-state index in [0.717, 1.165) is 15.6 Å². The van der Waals surface area contributed by atoms with Crippen LogP contribution in [0.4, 0.5) is 0 Å². The van der Waals surface area contributed by atoms with Gasteiger partial charge in [0.15, 0.2) is 11.5 Å². The molecule has 2 N–H and O–H groups in total. The van der Waals surface area contributed by atoms with Gasteiger partial charge in [-0.1, -0.05) is 22.9 Å². The zero-order valence-electron chi connectivity index (χ0n) is 8.75. The summed E-state index contributed by atoms with van der Waals surface area (Å²) in [5, 5.41) is 0. The SMILES string of the molecule is Cc1nc2cc(Br)c(C(C)CN)cc2o1. The molecule has 2 aromatic rings. The summed E-state index contributed by atoms with van der Waals surface area (Å²) >= 11 is 3.53. The molecule has 2 rings (SSSR count). The van der Waals surface area contributed by atoms with Crippen LogP contribution in [0.1, 0.15) is 24.3 Å². The van der Waals surface area contributed by atoms with E-state index in [-0.39, 0.29) is 0 Å². The number of fused-ring (bicyclic) bond motifs is 1. The van der Waals surface area contributed by atoms with Gasteiger partial charge in [-0.2, -0.15) is 0 Å². The molecule has 4 heteroatoms. The van der Waals surface area contributed by atoms with Crippen LogP contribution in [0.15, 0.2) is 21.0 Å². The first-order chi connectivity index (χ1) is 7.11. The molecule has 1 heterocycles. The molecule has 0 aliphatic heterocycles. The summed E-state index contributed by atoms with van der Waals surface area (Å²) in [7, 11) is 0. The Hall–Kier alpha value is -0.870. The molecule has 0 aliphatic rings. The van der Waals surface area contributed by atoms with Crippen LogP contribution in [0.3, 0.4) is 0 Å². The Balaban J connectivity index is 2.60. The molecule has 0 saturated carbocycles. The van der Waals surface area contributed by atoms with Crippen molar-refractivity contribution in [2.75, 3.05) is 6.54 Å². The predicted molar refractivity (Wildman–Crippen MR) is 63.9 cm³/mol. The summed E-state index contributed by atoms with van der Waals surface area (Å²) in [5.74, 6) is 1.00. The highest BCUT2D eigenvalue weighted by molar-refractivity contribution is 9.10. The van der Waals surface area contributed by atoms with Gasteiger partial charge >= 0.3 is 0 Å². The van der Waals surface area contributed by atoms with E-state index in [2.05, 4.69) is 27.8 Å². The monoisotopic (exact) mass is 268 g/mol. The van der Waals surface area contributed by atoms with E-state index in [0.29, 0.717) is 18.4 Å². The lowest BCUT2D eigenvalue weighted by Gasteiger charge is -2.10. The second-order valence-corrected chi connectivity index (χ2v) is 4.57. The van der Waals surface area contributed by atoms with E-state index in [1.54, 1.807) is 0 Å². The average Bonchev–Trinajstić information content (AvgIpc) is 2.55. The van der Waals surface area contributed by atoms with Crippen LogP contribution < -0.4 is 5.73 Å². The van der Waals surface area contributed by atoms with E-state index < -0.39 is 0 Å². The molecule has 0 fully saturated rings. The van der Waals surface area contributed by atoms with Crippen LogP contribution in [0.2, 0.25) is 0 Å². The van der Waals surface area contributed by atoms with Gasteiger partial charge in [-0.25, -0.2) is 4.98 Å². The van der Waals surface area contributed by atoms with E-state index in [9.17, 15) is 0 Å². The third kappa shape index (κ3) is 1.92. The van der Waals surface area contributed by atoms with E-state index in [1.807, 2.05) is 19.1 Å². The number of aryl methyl sites for hydroxylation is 1. The third-order valence-corrected chi connectivity index (χ3v) is 3.19. The highest BCUT2D eigenvalue weighted by Crippen LogP contribution is 2.29. The van der Waals surface area contributed by atoms with Gasteiger partial charge in [0, 0.05) is 11.4 Å². The Morgan fingerprint density at radius 3 is 2.93 bits per heavy atom. The van der Waals surface area contributed by atoms with Crippen LogP contribution in [0.25, 0.3) is 11.1 Å². The lowest BCUT2D eigenvalue weighted by atomic mass is 10.0. The number of nitrogens with zero attached hydrogens (tertiary/aromatic N) is 1. The minimum atomic E-state index is 0.314. The number of rotatable bonds is 2. The fourth-order valence-electron chi connectivity index (χ4n) is 1.58.